The molecular weight excluding hydrogens is 260 g/mol. The van der Waals surface area contributed by atoms with Crippen LogP contribution in [0, 0.1) is 0 Å². The number of carbonyl (C=O) groups is 2. The molecule has 0 aromatic heterocycles. The summed E-state index contributed by atoms with van der Waals surface area (Å²) in [4.78, 5) is 23.6. The fourth-order valence-corrected chi connectivity index (χ4v) is 2.14. The van der Waals surface area contributed by atoms with E-state index in [9.17, 15) is 9.59 Å². The van der Waals surface area contributed by atoms with E-state index in [0.29, 0.717) is 16.7 Å². The van der Waals surface area contributed by atoms with Gasteiger partial charge in [0.2, 0.25) is 0 Å². The predicted molar refractivity (Wildman–Crippen MR) is 85.0 cm³/mol. The van der Waals surface area contributed by atoms with E-state index in [4.69, 9.17) is 0 Å². The highest BCUT2D eigenvalue weighted by atomic mass is 16.1. The van der Waals surface area contributed by atoms with Crippen molar-refractivity contribution in [1.82, 2.24) is 0 Å². The summed E-state index contributed by atoms with van der Waals surface area (Å²) >= 11 is 0. The molecule has 2 aromatic rings. The van der Waals surface area contributed by atoms with Crippen molar-refractivity contribution >= 4 is 11.6 Å². The van der Waals surface area contributed by atoms with Gasteiger partial charge in [0.05, 0.1) is 0 Å². The molecule has 0 aliphatic heterocycles. The average molecular weight is 280 g/mol. The van der Waals surface area contributed by atoms with Gasteiger partial charge in [-0.15, -0.1) is 0 Å². The van der Waals surface area contributed by atoms with Gasteiger partial charge in [-0.1, -0.05) is 69.3 Å². The van der Waals surface area contributed by atoms with Gasteiger partial charge in [0.1, 0.15) is 0 Å². The number of benzene rings is 2. The highest BCUT2D eigenvalue weighted by molar-refractivity contribution is 6.09. The molecular formula is C19H20O2. The third-order valence-electron chi connectivity index (χ3n) is 3.57. The Morgan fingerprint density at radius 1 is 0.714 bits per heavy atom. The van der Waals surface area contributed by atoms with E-state index in [1.165, 1.54) is 12.5 Å². The largest absolute Gasteiger partial charge is 0.295 e. The van der Waals surface area contributed by atoms with Crippen LogP contribution in [0.3, 0.4) is 0 Å². The lowest BCUT2D eigenvalue weighted by Gasteiger charge is -2.19. The van der Waals surface area contributed by atoms with Crippen LogP contribution in [0.25, 0.3) is 0 Å². The van der Waals surface area contributed by atoms with Crippen molar-refractivity contribution in [2.24, 2.45) is 0 Å². The minimum absolute atomic E-state index is 0.00327. The highest BCUT2D eigenvalue weighted by Crippen LogP contribution is 2.23. The highest BCUT2D eigenvalue weighted by Gasteiger charge is 2.15. The normalized spacial score (nSPS) is 11.2. The number of carbonyl (C=O) groups excluding carboxylic acids is 2. The third kappa shape index (κ3) is 3.46. The smallest absolute Gasteiger partial charge is 0.193 e. The summed E-state index contributed by atoms with van der Waals surface area (Å²) in [6.07, 6.45) is 0. The second kappa shape index (κ2) is 5.65. The van der Waals surface area contributed by atoms with Gasteiger partial charge in [-0.05, 0) is 17.9 Å². The number of hydrogen-bond donors (Lipinski definition) is 0. The molecule has 0 saturated heterocycles. The summed E-state index contributed by atoms with van der Waals surface area (Å²) in [6, 6.07) is 14.5. The summed E-state index contributed by atoms with van der Waals surface area (Å²) in [6.45, 7) is 7.95. The number of Topliss-reactive ketones (excluding diaryl/α,β-unsaturated/α-hetero) is 1. The number of ketones is 2. The quantitative estimate of drug-likeness (QED) is 0.780. The molecule has 0 N–H and O–H groups in total. The van der Waals surface area contributed by atoms with E-state index < -0.39 is 0 Å². The first kappa shape index (κ1) is 15.2. The van der Waals surface area contributed by atoms with Crippen LogP contribution in [0.4, 0.5) is 0 Å². The molecule has 0 spiro atoms. The van der Waals surface area contributed by atoms with Gasteiger partial charge in [0.15, 0.2) is 11.6 Å². The average Bonchev–Trinajstić information content (AvgIpc) is 2.46. The minimum atomic E-state index is -0.0226. The number of hydrogen-bond acceptors (Lipinski definition) is 2. The van der Waals surface area contributed by atoms with Gasteiger partial charge in [0.25, 0.3) is 0 Å². The van der Waals surface area contributed by atoms with Gasteiger partial charge in [-0.25, -0.2) is 0 Å². The lowest BCUT2D eigenvalue weighted by Crippen LogP contribution is -2.11. The first-order valence-corrected chi connectivity index (χ1v) is 7.05. The Kier molecular flexibility index (Phi) is 4.08. The first-order chi connectivity index (χ1) is 9.79. The topological polar surface area (TPSA) is 34.1 Å². The predicted octanol–water partition coefficient (Wildman–Crippen LogP) is 4.42. The van der Waals surface area contributed by atoms with Crippen molar-refractivity contribution in [3.8, 4) is 0 Å². The molecule has 2 nitrogen and oxygen atoms in total. The maximum absolute atomic E-state index is 12.4. The standard InChI is InChI=1S/C19H20O2/c1-13(20)14-5-7-15(8-6-14)18(21)16-9-11-17(12-10-16)19(2,3)4/h5-12H,1-4H3. The molecule has 108 valence electrons. The van der Waals surface area contributed by atoms with E-state index in [-0.39, 0.29) is 17.0 Å². The summed E-state index contributed by atoms with van der Waals surface area (Å²) in [5.41, 5.74) is 3.16. The first-order valence-electron chi connectivity index (χ1n) is 7.05. The van der Waals surface area contributed by atoms with Crippen LogP contribution in [0.1, 0.15) is 59.5 Å². The van der Waals surface area contributed by atoms with Crippen LogP contribution >= 0.6 is 0 Å². The molecule has 0 unspecified atom stereocenters. The zero-order valence-electron chi connectivity index (χ0n) is 12.9. The molecule has 2 rings (SSSR count). The van der Waals surface area contributed by atoms with Gasteiger partial charge in [-0.3, -0.25) is 9.59 Å². The molecule has 0 bridgehead atoms. The van der Waals surface area contributed by atoms with Crippen LogP contribution in [0.15, 0.2) is 48.5 Å². The Hall–Kier alpha value is -2.22. The Balaban J connectivity index is 2.25. The molecule has 0 atom stereocenters. The van der Waals surface area contributed by atoms with Crippen LogP contribution in [-0.4, -0.2) is 11.6 Å². The molecule has 2 heteroatoms. The second-order valence-electron chi connectivity index (χ2n) is 6.29. The SMILES string of the molecule is CC(=O)c1ccc(C(=O)c2ccc(C(C)(C)C)cc2)cc1. The maximum Gasteiger partial charge on any atom is 0.193 e. The summed E-state index contributed by atoms with van der Waals surface area (Å²) < 4.78 is 0. The Labute approximate surface area is 125 Å². The lowest BCUT2D eigenvalue weighted by atomic mass is 9.86. The zero-order chi connectivity index (χ0) is 15.6. The van der Waals surface area contributed by atoms with Crippen molar-refractivity contribution in [3.05, 3.63) is 70.8 Å². The van der Waals surface area contributed by atoms with E-state index >= 15 is 0 Å². The van der Waals surface area contributed by atoms with E-state index in [1.807, 2.05) is 24.3 Å². The Morgan fingerprint density at radius 2 is 1.10 bits per heavy atom. The molecule has 0 radical (unpaired) electrons. The molecule has 21 heavy (non-hydrogen) atoms. The Bertz CT molecular complexity index is 656. The molecule has 0 saturated carbocycles. The number of rotatable bonds is 3. The van der Waals surface area contributed by atoms with Gasteiger partial charge in [-0.2, -0.15) is 0 Å². The molecule has 2 aromatic carbocycles. The summed E-state index contributed by atoms with van der Waals surface area (Å²) in [5, 5.41) is 0. The van der Waals surface area contributed by atoms with E-state index in [1.54, 1.807) is 24.3 Å². The second-order valence-corrected chi connectivity index (χ2v) is 6.29. The van der Waals surface area contributed by atoms with E-state index in [2.05, 4.69) is 20.8 Å². The van der Waals surface area contributed by atoms with Crippen LogP contribution in [-0.2, 0) is 5.41 Å². The van der Waals surface area contributed by atoms with Crippen molar-refractivity contribution in [2.75, 3.05) is 0 Å². The molecule has 0 aliphatic rings. The zero-order valence-corrected chi connectivity index (χ0v) is 12.9. The van der Waals surface area contributed by atoms with E-state index in [0.717, 1.165) is 0 Å². The molecule has 0 heterocycles. The van der Waals surface area contributed by atoms with Crippen molar-refractivity contribution in [1.29, 1.82) is 0 Å². The third-order valence-corrected chi connectivity index (χ3v) is 3.57. The van der Waals surface area contributed by atoms with Gasteiger partial charge >= 0.3 is 0 Å². The monoisotopic (exact) mass is 280 g/mol. The van der Waals surface area contributed by atoms with Crippen LogP contribution in [0.5, 0.6) is 0 Å². The van der Waals surface area contributed by atoms with Crippen molar-refractivity contribution in [3.63, 3.8) is 0 Å². The fraction of sp³-hybridized carbons (Fsp3) is 0.263. The molecule has 0 amide bonds. The van der Waals surface area contributed by atoms with Crippen molar-refractivity contribution < 1.29 is 9.59 Å². The fourth-order valence-electron chi connectivity index (χ4n) is 2.14. The Morgan fingerprint density at radius 3 is 1.48 bits per heavy atom. The van der Waals surface area contributed by atoms with Gasteiger partial charge < -0.3 is 0 Å². The van der Waals surface area contributed by atoms with Crippen LogP contribution < -0.4 is 0 Å². The minimum Gasteiger partial charge on any atom is -0.295 e. The molecule has 0 aliphatic carbocycles. The summed E-state index contributed by atoms with van der Waals surface area (Å²) in [7, 11) is 0. The van der Waals surface area contributed by atoms with Gasteiger partial charge in [0, 0.05) is 16.7 Å². The van der Waals surface area contributed by atoms with Crippen molar-refractivity contribution in [2.45, 2.75) is 33.1 Å². The maximum atomic E-state index is 12.4. The summed E-state index contributed by atoms with van der Waals surface area (Å²) in [5.74, 6) is -0.0194. The lowest BCUT2D eigenvalue weighted by molar-refractivity contribution is 0.101. The van der Waals surface area contributed by atoms with Crippen LogP contribution in [0.2, 0.25) is 0 Å². The molecule has 0 fully saturated rings.